The van der Waals surface area contributed by atoms with Crippen LogP contribution in [0.2, 0.25) is 0 Å². The Kier molecular flexibility index (Phi) is 5.87. The van der Waals surface area contributed by atoms with E-state index in [4.69, 9.17) is 9.47 Å². The van der Waals surface area contributed by atoms with Gasteiger partial charge in [-0.3, -0.25) is 0 Å². The number of rotatable bonds is 6. The van der Waals surface area contributed by atoms with E-state index in [0.717, 1.165) is 12.5 Å². The van der Waals surface area contributed by atoms with Crippen LogP contribution in [0.1, 0.15) is 12.0 Å². The first-order chi connectivity index (χ1) is 12.5. The van der Waals surface area contributed by atoms with Crippen molar-refractivity contribution in [3.8, 4) is 6.01 Å². The summed E-state index contributed by atoms with van der Waals surface area (Å²) in [5.74, 6) is -2.47. The van der Waals surface area contributed by atoms with Gasteiger partial charge < -0.3 is 14.4 Å². The van der Waals surface area contributed by atoms with Gasteiger partial charge in [-0.15, -0.1) is 0 Å². The second-order valence-electron chi connectivity index (χ2n) is 5.97. The fourth-order valence-electron chi connectivity index (χ4n) is 2.90. The largest absolute Gasteiger partial charge is 0.467 e. The lowest BCUT2D eigenvalue weighted by Gasteiger charge is -2.25. The molecule has 140 valence electrons. The SMILES string of the molecule is COc1nccc(N2CC(S)CC2COCc2cc(F)c(F)cc2F)n1. The number of nitrogens with zero attached hydrogens (tertiary/aromatic N) is 3. The van der Waals surface area contributed by atoms with Crippen LogP contribution in [0.15, 0.2) is 24.4 Å². The second kappa shape index (κ2) is 8.13. The molecule has 0 saturated carbocycles. The third-order valence-corrected chi connectivity index (χ3v) is 4.52. The highest BCUT2D eigenvalue weighted by Gasteiger charge is 2.31. The Bertz CT molecular complexity index is 781. The summed E-state index contributed by atoms with van der Waals surface area (Å²) in [5, 5.41) is 0.129. The minimum absolute atomic E-state index is 0.0282. The predicted molar refractivity (Wildman–Crippen MR) is 93.1 cm³/mol. The number of aromatic nitrogens is 2. The third-order valence-electron chi connectivity index (χ3n) is 4.15. The summed E-state index contributed by atoms with van der Waals surface area (Å²) in [6.07, 6.45) is 2.34. The zero-order valence-electron chi connectivity index (χ0n) is 14.0. The maximum atomic E-state index is 13.7. The second-order valence-corrected chi connectivity index (χ2v) is 6.70. The maximum Gasteiger partial charge on any atom is 0.318 e. The topological polar surface area (TPSA) is 47.5 Å². The van der Waals surface area contributed by atoms with Gasteiger partial charge in [-0.1, -0.05) is 0 Å². The first kappa shape index (κ1) is 18.8. The predicted octanol–water partition coefficient (Wildman–Crippen LogP) is 3.00. The van der Waals surface area contributed by atoms with Gasteiger partial charge in [-0.25, -0.2) is 18.2 Å². The molecular formula is C17H18F3N3O2S. The summed E-state index contributed by atoms with van der Waals surface area (Å²) in [5.41, 5.74) is -0.0282. The molecule has 5 nitrogen and oxygen atoms in total. The minimum atomic E-state index is -1.22. The Hall–Kier alpha value is -2.00. The number of hydrogen-bond acceptors (Lipinski definition) is 6. The van der Waals surface area contributed by atoms with Crippen molar-refractivity contribution >= 4 is 18.4 Å². The molecule has 0 spiro atoms. The first-order valence-electron chi connectivity index (χ1n) is 8.01. The molecule has 1 fully saturated rings. The number of methoxy groups -OCH3 is 1. The molecular weight excluding hydrogens is 367 g/mol. The van der Waals surface area contributed by atoms with Crippen LogP contribution in [0.25, 0.3) is 0 Å². The molecule has 2 atom stereocenters. The van der Waals surface area contributed by atoms with Crippen LogP contribution < -0.4 is 9.64 Å². The van der Waals surface area contributed by atoms with E-state index in [1.807, 2.05) is 4.90 Å². The van der Waals surface area contributed by atoms with E-state index in [2.05, 4.69) is 22.6 Å². The Labute approximate surface area is 154 Å². The van der Waals surface area contributed by atoms with E-state index in [0.29, 0.717) is 18.4 Å². The molecule has 0 radical (unpaired) electrons. The summed E-state index contributed by atoms with van der Waals surface area (Å²) < 4.78 is 50.5. The van der Waals surface area contributed by atoms with Crippen LogP contribution in [0.5, 0.6) is 6.01 Å². The Morgan fingerprint density at radius 1 is 1.23 bits per heavy atom. The van der Waals surface area contributed by atoms with Crippen molar-refractivity contribution in [3.63, 3.8) is 0 Å². The normalized spacial score (nSPS) is 19.8. The lowest BCUT2D eigenvalue weighted by Crippen LogP contribution is -2.34. The van der Waals surface area contributed by atoms with Gasteiger partial charge in [0.05, 0.1) is 26.4 Å². The van der Waals surface area contributed by atoms with Crippen molar-refractivity contribution in [2.75, 3.05) is 25.2 Å². The van der Waals surface area contributed by atoms with E-state index >= 15 is 0 Å². The molecule has 2 aromatic rings. The van der Waals surface area contributed by atoms with Crippen LogP contribution in [0, 0.1) is 17.5 Å². The molecule has 1 aromatic carbocycles. The molecule has 3 rings (SSSR count). The summed E-state index contributed by atoms with van der Waals surface area (Å²) in [6.45, 7) is 0.774. The molecule has 1 saturated heterocycles. The van der Waals surface area contributed by atoms with Crippen LogP contribution in [0.3, 0.4) is 0 Å². The van der Waals surface area contributed by atoms with Gasteiger partial charge in [-0.2, -0.15) is 17.6 Å². The van der Waals surface area contributed by atoms with E-state index in [1.165, 1.54) is 7.11 Å². The van der Waals surface area contributed by atoms with Crippen LogP contribution in [0.4, 0.5) is 19.0 Å². The number of halogens is 3. The molecule has 0 aliphatic carbocycles. The zero-order valence-corrected chi connectivity index (χ0v) is 14.9. The van der Waals surface area contributed by atoms with Crippen molar-refractivity contribution in [2.45, 2.75) is 24.3 Å². The Morgan fingerprint density at radius 2 is 2.00 bits per heavy atom. The van der Waals surface area contributed by atoms with E-state index in [1.54, 1.807) is 12.3 Å². The first-order valence-corrected chi connectivity index (χ1v) is 8.52. The van der Waals surface area contributed by atoms with Gasteiger partial charge in [0.25, 0.3) is 0 Å². The standard InChI is InChI=1S/C17H18F3N3O2S/c1-24-17-21-3-2-16(22-17)23-7-12(26)5-11(23)9-25-8-10-4-14(19)15(20)6-13(10)18/h2-4,6,11-12,26H,5,7-9H2,1H3. The quantitative estimate of drug-likeness (QED) is 0.612. The molecule has 1 aliphatic rings. The molecule has 0 amide bonds. The fourth-order valence-corrected chi connectivity index (χ4v) is 3.32. The molecule has 2 unspecified atom stereocenters. The molecule has 1 aliphatic heterocycles. The fraction of sp³-hybridized carbons (Fsp3) is 0.412. The summed E-state index contributed by atoms with van der Waals surface area (Å²) in [4.78, 5) is 10.3. The number of anilines is 1. The van der Waals surface area contributed by atoms with Crippen molar-refractivity contribution < 1.29 is 22.6 Å². The average Bonchev–Trinajstić information content (AvgIpc) is 3.00. The highest BCUT2D eigenvalue weighted by atomic mass is 32.1. The van der Waals surface area contributed by atoms with Crippen molar-refractivity contribution in [1.82, 2.24) is 9.97 Å². The molecule has 1 aromatic heterocycles. The molecule has 9 heteroatoms. The minimum Gasteiger partial charge on any atom is -0.467 e. The van der Waals surface area contributed by atoms with Gasteiger partial charge in [0, 0.05) is 29.6 Å². The average molecular weight is 385 g/mol. The van der Waals surface area contributed by atoms with E-state index < -0.39 is 17.5 Å². The maximum absolute atomic E-state index is 13.7. The van der Waals surface area contributed by atoms with Crippen molar-refractivity contribution in [1.29, 1.82) is 0 Å². The van der Waals surface area contributed by atoms with Gasteiger partial charge in [0.1, 0.15) is 11.6 Å². The molecule has 0 bridgehead atoms. The third kappa shape index (κ3) is 4.21. The zero-order chi connectivity index (χ0) is 18.7. The number of benzene rings is 1. The summed E-state index contributed by atoms with van der Waals surface area (Å²) in [6, 6.07) is 3.32. The lowest BCUT2D eigenvalue weighted by molar-refractivity contribution is 0.106. The number of ether oxygens (including phenoxy) is 2. The van der Waals surface area contributed by atoms with E-state index in [9.17, 15) is 13.2 Å². The van der Waals surface area contributed by atoms with E-state index in [-0.39, 0.29) is 36.1 Å². The van der Waals surface area contributed by atoms with Gasteiger partial charge in [0.15, 0.2) is 11.6 Å². The lowest BCUT2D eigenvalue weighted by atomic mass is 10.2. The van der Waals surface area contributed by atoms with Crippen LogP contribution in [-0.4, -0.2) is 41.5 Å². The van der Waals surface area contributed by atoms with Crippen LogP contribution in [-0.2, 0) is 11.3 Å². The van der Waals surface area contributed by atoms with Crippen molar-refractivity contribution in [2.24, 2.45) is 0 Å². The van der Waals surface area contributed by atoms with Gasteiger partial charge >= 0.3 is 6.01 Å². The molecule has 26 heavy (non-hydrogen) atoms. The summed E-state index contributed by atoms with van der Waals surface area (Å²) in [7, 11) is 1.49. The summed E-state index contributed by atoms with van der Waals surface area (Å²) >= 11 is 4.52. The smallest absolute Gasteiger partial charge is 0.318 e. The number of hydrogen-bond donors (Lipinski definition) is 1. The molecule has 2 heterocycles. The number of thiol groups is 1. The Morgan fingerprint density at radius 3 is 2.77 bits per heavy atom. The highest BCUT2D eigenvalue weighted by molar-refractivity contribution is 7.81. The van der Waals surface area contributed by atoms with Gasteiger partial charge in [-0.05, 0) is 18.6 Å². The van der Waals surface area contributed by atoms with Crippen molar-refractivity contribution in [3.05, 3.63) is 47.4 Å². The van der Waals surface area contributed by atoms with Gasteiger partial charge in [0.2, 0.25) is 0 Å². The molecule has 0 N–H and O–H groups in total. The van der Waals surface area contributed by atoms with Crippen LogP contribution >= 0.6 is 12.6 Å². The monoisotopic (exact) mass is 385 g/mol. The Balaban J connectivity index is 1.65. The highest BCUT2D eigenvalue weighted by Crippen LogP contribution is 2.28.